The first-order valence-corrected chi connectivity index (χ1v) is 3.74. The second-order valence-corrected chi connectivity index (χ2v) is 2.64. The summed E-state index contributed by atoms with van der Waals surface area (Å²) in [5, 5.41) is 18.6. The van der Waals surface area contributed by atoms with E-state index < -0.39 is 0 Å². The maximum atomic E-state index is 8.44. The fraction of sp³-hybridized carbons (Fsp3) is 0.143. The molecule has 2 nitrogen and oxygen atoms in total. The monoisotopic (exact) mass is 148 g/mol. The van der Waals surface area contributed by atoms with Crippen LogP contribution in [0, 0.1) is 22.7 Å². The van der Waals surface area contributed by atoms with Gasteiger partial charge in [0.05, 0.1) is 17.7 Å². The summed E-state index contributed by atoms with van der Waals surface area (Å²) in [7, 11) is 0. The van der Waals surface area contributed by atoms with Crippen molar-refractivity contribution in [3.8, 4) is 12.1 Å². The van der Waals surface area contributed by atoms with Crippen molar-refractivity contribution in [2.24, 2.45) is 0 Å². The third-order valence-corrected chi connectivity index (χ3v) is 1.95. The molecule has 1 rings (SSSR count). The lowest BCUT2D eigenvalue weighted by atomic mass is 10.2. The minimum Gasteiger partial charge on any atom is -0.193 e. The topological polar surface area (TPSA) is 47.6 Å². The molecule has 0 saturated heterocycles. The zero-order valence-corrected chi connectivity index (χ0v) is 5.98. The maximum Gasteiger partial charge on any atom is 0.0997 e. The molecule has 1 aliphatic heterocycles. The Balaban J connectivity index is 2.86. The van der Waals surface area contributed by atoms with E-state index in [1.165, 1.54) is 11.8 Å². The van der Waals surface area contributed by atoms with Crippen molar-refractivity contribution in [1.82, 2.24) is 0 Å². The number of nitriles is 2. The lowest BCUT2D eigenvalue weighted by Crippen LogP contribution is -1.88. The molecule has 48 valence electrons. The summed E-state index contributed by atoms with van der Waals surface area (Å²) >= 11 is 1.48. The highest BCUT2D eigenvalue weighted by Crippen LogP contribution is 2.18. The van der Waals surface area contributed by atoms with Crippen molar-refractivity contribution >= 4 is 11.8 Å². The Kier molecular flexibility index (Phi) is 2.15. The summed E-state index contributed by atoms with van der Waals surface area (Å²) in [6.07, 6.45) is 1.62. The molecular formula is C7H4N2S. The van der Waals surface area contributed by atoms with Crippen LogP contribution in [0.5, 0.6) is 0 Å². The fourth-order valence-corrected chi connectivity index (χ4v) is 1.32. The molecule has 0 saturated carbocycles. The minimum atomic E-state index is 0.577. The third-order valence-electron chi connectivity index (χ3n) is 1.05. The zero-order chi connectivity index (χ0) is 7.40. The second-order valence-electron chi connectivity index (χ2n) is 1.78. The predicted octanol–water partition coefficient (Wildman–Crippen LogP) is 1.59. The maximum absolute atomic E-state index is 8.44. The van der Waals surface area contributed by atoms with Crippen LogP contribution in [-0.4, -0.2) is 5.75 Å². The summed E-state index contributed by atoms with van der Waals surface area (Å²) in [6, 6.07) is 4.00. The second kappa shape index (κ2) is 3.10. The SMILES string of the molecule is N#CC1=CSCC(C#N)=C1. The predicted molar refractivity (Wildman–Crippen MR) is 39.9 cm³/mol. The van der Waals surface area contributed by atoms with Crippen LogP contribution < -0.4 is 0 Å². The lowest BCUT2D eigenvalue weighted by molar-refractivity contribution is 1.42. The number of hydrogen-bond acceptors (Lipinski definition) is 3. The third kappa shape index (κ3) is 1.40. The Labute approximate surface area is 63.5 Å². The van der Waals surface area contributed by atoms with E-state index in [1.54, 1.807) is 11.5 Å². The average molecular weight is 148 g/mol. The summed E-state index contributed by atoms with van der Waals surface area (Å²) in [5.74, 6) is 0.696. The molecule has 0 spiro atoms. The van der Waals surface area contributed by atoms with E-state index in [2.05, 4.69) is 0 Å². The normalized spacial score (nSPS) is 16.2. The molecule has 0 radical (unpaired) electrons. The first-order valence-electron chi connectivity index (χ1n) is 2.69. The smallest absolute Gasteiger partial charge is 0.0997 e. The molecule has 0 unspecified atom stereocenters. The molecule has 0 aromatic rings. The summed E-state index contributed by atoms with van der Waals surface area (Å²) in [4.78, 5) is 0. The Morgan fingerprint density at radius 1 is 1.40 bits per heavy atom. The molecule has 0 aromatic heterocycles. The van der Waals surface area contributed by atoms with Gasteiger partial charge in [0.25, 0.3) is 0 Å². The highest BCUT2D eigenvalue weighted by molar-refractivity contribution is 8.02. The van der Waals surface area contributed by atoms with E-state index in [4.69, 9.17) is 10.5 Å². The van der Waals surface area contributed by atoms with Gasteiger partial charge in [0.1, 0.15) is 0 Å². The molecule has 0 bridgehead atoms. The first-order chi connectivity index (χ1) is 4.86. The Bertz CT molecular complexity index is 275. The first kappa shape index (κ1) is 6.92. The van der Waals surface area contributed by atoms with Crippen LogP contribution >= 0.6 is 11.8 Å². The molecule has 0 N–H and O–H groups in total. The van der Waals surface area contributed by atoms with E-state index in [1.807, 2.05) is 12.1 Å². The van der Waals surface area contributed by atoms with Crippen LogP contribution in [-0.2, 0) is 0 Å². The highest BCUT2D eigenvalue weighted by atomic mass is 32.2. The van der Waals surface area contributed by atoms with Gasteiger partial charge < -0.3 is 0 Å². The summed E-state index contributed by atoms with van der Waals surface area (Å²) in [5.41, 5.74) is 1.25. The van der Waals surface area contributed by atoms with E-state index in [-0.39, 0.29) is 0 Å². The van der Waals surface area contributed by atoms with Crippen molar-refractivity contribution in [1.29, 1.82) is 10.5 Å². The molecular weight excluding hydrogens is 144 g/mol. The zero-order valence-electron chi connectivity index (χ0n) is 5.16. The average Bonchev–Trinajstić information content (AvgIpc) is 2.05. The van der Waals surface area contributed by atoms with Crippen molar-refractivity contribution in [3.05, 3.63) is 22.6 Å². The molecule has 3 heteroatoms. The standard InChI is InChI=1S/C7H4N2S/c8-2-6-1-7(3-9)5-10-4-6/h1,4H,5H2. The van der Waals surface area contributed by atoms with Gasteiger partial charge in [-0.05, 0) is 11.5 Å². The number of hydrogen-bond donors (Lipinski definition) is 0. The van der Waals surface area contributed by atoms with Crippen molar-refractivity contribution < 1.29 is 0 Å². The number of nitrogens with zero attached hydrogens (tertiary/aromatic N) is 2. The molecule has 0 aliphatic carbocycles. The summed E-state index contributed by atoms with van der Waals surface area (Å²) in [6.45, 7) is 0. The number of allylic oxidation sites excluding steroid dienone is 2. The quantitative estimate of drug-likeness (QED) is 0.524. The van der Waals surface area contributed by atoms with E-state index in [0.717, 1.165) is 0 Å². The molecule has 1 aliphatic rings. The van der Waals surface area contributed by atoms with Gasteiger partial charge in [0.15, 0.2) is 0 Å². The van der Waals surface area contributed by atoms with Crippen molar-refractivity contribution in [2.75, 3.05) is 5.75 Å². The van der Waals surface area contributed by atoms with Crippen molar-refractivity contribution in [3.63, 3.8) is 0 Å². The molecule has 1 heterocycles. The van der Waals surface area contributed by atoms with Crippen molar-refractivity contribution in [2.45, 2.75) is 0 Å². The Morgan fingerprint density at radius 2 is 2.20 bits per heavy atom. The van der Waals surface area contributed by atoms with E-state index >= 15 is 0 Å². The Hall–Kier alpha value is -1.19. The molecule has 0 fully saturated rings. The summed E-state index contributed by atoms with van der Waals surface area (Å²) < 4.78 is 0. The molecule has 0 aromatic carbocycles. The Morgan fingerprint density at radius 3 is 2.80 bits per heavy atom. The van der Waals surface area contributed by atoms with Crippen LogP contribution in [0.2, 0.25) is 0 Å². The van der Waals surface area contributed by atoms with Crippen LogP contribution in [0.4, 0.5) is 0 Å². The fourth-order valence-electron chi connectivity index (χ4n) is 0.608. The van der Waals surface area contributed by atoms with Crippen LogP contribution in [0.15, 0.2) is 22.6 Å². The molecule has 0 atom stereocenters. The van der Waals surface area contributed by atoms with E-state index in [9.17, 15) is 0 Å². The largest absolute Gasteiger partial charge is 0.193 e. The van der Waals surface area contributed by atoms with Crippen LogP contribution in [0.25, 0.3) is 0 Å². The van der Waals surface area contributed by atoms with E-state index in [0.29, 0.717) is 16.9 Å². The van der Waals surface area contributed by atoms with Gasteiger partial charge in [-0.3, -0.25) is 0 Å². The van der Waals surface area contributed by atoms with Gasteiger partial charge >= 0.3 is 0 Å². The molecule has 0 amide bonds. The van der Waals surface area contributed by atoms with Gasteiger partial charge in [0, 0.05) is 11.3 Å². The van der Waals surface area contributed by atoms with Gasteiger partial charge in [-0.15, -0.1) is 11.8 Å². The minimum absolute atomic E-state index is 0.577. The van der Waals surface area contributed by atoms with Gasteiger partial charge in [-0.25, -0.2) is 0 Å². The number of rotatable bonds is 0. The van der Waals surface area contributed by atoms with Crippen LogP contribution in [0.3, 0.4) is 0 Å². The highest BCUT2D eigenvalue weighted by Gasteiger charge is 2.02. The lowest BCUT2D eigenvalue weighted by Gasteiger charge is -2.00. The molecule has 10 heavy (non-hydrogen) atoms. The van der Waals surface area contributed by atoms with Gasteiger partial charge in [-0.1, -0.05) is 0 Å². The number of thioether (sulfide) groups is 1. The van der Waals surface area contributed by atoms with Gasteiger partial charge in [-0.2, -0.15) is 10.5 Å². The van der Waals surface area contributed by atoms with Gasteiger partial charge in [0.2, 0.25) is 0 Å². The van der Waals surface area contributed by atoms with Crippen LogP contribution in [0.1, 0.15) is 0 Å².